The molecular weight excluding hydrogens is 381 g/mol. The van der Waals surface area contributed by atoms with E-state index in [1.165, 1.54) is 46.8 Å². The minimum Gasteiger partial charge on any atom is -0.423 e. The van der Waals surface area contributed by atoms with Gasteiger partial charge in [0.05, 0.1) is 16.1 Å². The van der Waals surface area contributed by atoms with Crippen LogP contribution >= 0.6 is 0 Å². The molecule has 5 nitrogen and oxygen atoms in total. The van der Waals surface area contributed by atoms with E-state index in [4.69, 9.17) is 4.74 Å². The molecule has 7 heteroatoms. The first kappa shape index (κ1) is 19.6. The quantitative estimate of drug-likeness (QED) is 0.459. The van der Waals surface area contributed by atoms with Crippen LogP contribution in [0, 0.1) is 5.82 Å². The van der Waals surface area contributed by atoms with Crippen LogP contribution in [0.2, 0.25) is 0 Å². The zero-order valence-corrected chi connectivity index (χ0v) is 15.9. The van der Waals surface area contributed by atoms with Gasteiger partial charge in [-0.15, -0.1) is 0 Å². The molecule has 0 heterocycles. The summed E-state index contributed by atoms with van der Waals surface area (Å²) in [5, 5.41) is 0. The number of para-hydroxylation sites is 1. The normalized spacial score (nSPS) is 11.1. The monoisotopic (exact) mass is 399 g/mol. The van der Waals surface area contributed by atoms with Crippen molar-refractivity contribution < 1.29 is 22.3 Å². The largest absolute Gasteiger partial charge is 0.423 e. The van der Waals surface area contributed by atoms with Crippen LogP contribution in [0.15, 0.2) is 83.8 Å². The van der Waals surface area contributed by atoms with Crippen molar-refractivity contribution in [3.8, 4) is 5.75 Å². The fraction of sp³-hybridized carbons (Fsp3) is 0.0952. The van der Waals surface area contributed by atoms with Crippen LogP contribution in [-0.4, -0.2) is 20.9 Å². The van der Waals surface area contributed by atoms with E-state index in [0.29, 0.717) is 5.69 Å². The van der Waals surface area contributed by atoms with E-state index in [1.54, 1.807) is 31.2 Å². The molecule has 0 N–H and O–H groups in total. The lowest BCUT2D eigenvalue weighted by Gasteiger charge is -2.22. The van der Waals surface area contributed by atoms with Crippen LogP contribution in [-0.2, 0) is 10.0 Å². The lowest BCUT2D eigenvalue weighted by molar-refractivity contribution is 0.0730. The zero-order chi connectivity index (χ0) is 20.1. The summed E-state index contributed by atoms with van der Waals surface area (Å²) in [4.78, 5) is 12.1. The number of carbonyl (C=O) groups excluding carboxylic acids is 1. The van der Waals surface area contributed by atoms with Crippen molar-refractivity contribution in [2.24, 2.45) is 0 Å². The summed E-state index contributed by atoms with van der Waals surface area (Å²) in [5.74, 6) is -1.42. The Kier molecular flexibility index (Phi) is 5.75. The van der Waals surface area contributed by atoms with Crippen LogP contribution in [0.25, 0.3) is 0 Å². The first-order valence-electron chi connectivity index (χ1n) is 8.58. The number of halogens is 1. The molecule has 0 aromatic heterocycles. The molecule has 0 aliphatic heterocycles. The van der Waals surface area contributed by atoms with Gasteiger partial charge in [0.15, 0.2) is 0 Å². The Morgan fingerprint density at radius 3 is 2.14 bits per heavy atom. The van der Waals surface area contributed by atoms with E-state index < -0.39 is 21.8 Å². The van der Waals surface area contributed by atoms with Gasteiger partial charge in [-0.05, 0) is 55.5 Å². The third-order valence-corrected chi connectivity index (χ3v) is 5.96. The number of sulfonamides is 1. The maximum Gasteiger partial charge on any atom is 0.346 e. The molecule has 0 radical (unpaired) electrons. The van der Waals surface area contributed by atoms with Gasteiger partial charge < -0.3 is 4.74 Å². The average Bonchev–Trinajstić information content (AvgIpc) is 2.70. The molecule has 0 saturated carbocycles. The van der Waals surface area contributed by atoms with Crippen molar-refractivity contribution in [1.29, 1.82) is 0 Å². The van der Waals surface area contributed by atoms with Gasteiger partial charge in [-0.3, -0.25) is 4.31 Å². The molecular formula is C21H18FNO4S. The smallest absolute Gasteiger partial charge is 0.346 e. The summed E-state index contributed by atoms with van der Waals surface area (Å²) in [7, 11) is -3.78. The Bertz CT molecular complexity index is 1070. The maximum absolute atomic E-state index is 13.7. The SMILES string of the molecule is CCN(c1ccccc1)S(=O)(=O)c1ccc(OC(=O)c2ccccc2F)cc1. The van der Waals surface area contributed by atoms with Crippen molar-refractivity contribution in [1.82, 2.24) is 0 Å². The zero-order valence-electron chi connectivity index (χ0n) is 15.1. The molecule has 28 heavy (non-hydrogen) atoms. The van der Waals surface area contributed by atoms with Gasteiger partial charge in [-0.1, -0.05) is 30.3 Å². The summed E-state index contributed by atoms with van der Waals surface area (Å²) >= 11 is 0. The summed E-state index contributed by atoms with van der Waals surface area (Å²) in [5.41, 5.74) is 0.362. The number of rotatable bonds is 6. The fourth-order valence-corrected chi connectivity index (χ4v) is 4.15. The molecule has 0 aliphatic carbocycles. The summed E-state index contributed by atoms with van der Waals surface area (Å²) in [6, 6.07) is 19.7. The number of anilines is 1. The third-order valence-electron chi connectivity index (χ3n) is 4.05. The molecule has 0 unspecified atom stereocenters. The molecule has 0 fully saturated rings. The number of benzene rings is 3. The number of hydrogen-bond donors (Lipinski definition) is 0. The summed E-state index contributed by atoms with van der Waals surface area (Å²) in [6.45, 7) is 2.01. The predicted octanol–water partition coefficient (Wildman–Crippen LogP) is 4.26. The maximum atomic E-state index is 13.7. The molecule has 0 atom stereocenters. The number of ether oxygens (including phenoxy) is 1. The Balaban J connectivity index is 1.82. The topological polar surface area (TPSA) is 63.7 Å². The second-order valence-corrected chi connectivity index (χ2v) is 7.71. The Hall–Kier alpha value is -3.19. The number of nitrogens with zero attached hydrogens (tertiary/aromatic N) is 1. The van der Waals surface area contributed by atoms with E-state index in [0.717, 1.165) is 6.07 Å². The highest BCUT2D eigenvalue weighted by Gasteiger charge is 2.23. The van der Waals surface area contributed by atoms with Gasteiger partial charge in [0.25, 0.3) is 10.0 Å². The highest BCUT2D eigenvalue weighted by Crippen LogP contribution is 2.25. The molecule has 144 valence electrons. The van der Waals surface area contributed by atoms with E-state index in [-0.39, 0.29) is 22.8 Å². The molecule has 0 amide bonds. The highest BCUT2D eigenvalue weighted by molar-refractivity contribution is 7.92. The predicted molar refractivity (Wildman–Crippen MR) is 104 cm³/mol. The highest BCUT2D eigenvalue weighted by atomic mass is 32.2. The van der Waals surface area contributed by atoms with Crippen LogP contribution < -0.4 is 9.04 Å². The van der Waals surface area contributed by atoms with E-state index in [1.807, 2.05) is 6.07 Å². The van der Waals surface area contributed by atoms with Gasteiger partial charge in [-0.25, -0.2) is 17.6 Å². The Morgan fingerprint density at radius 2 is 1.54 bits per heavy atom. The molecule has 3 rings (SSSR count). The molecule has 0 saturated heterocycles. The average molecular weight is 399 g/mol. The van der Waals surface area contributed by atoms with Crippen LogP contribution in [0.5, 0.6) is 5.75 Å². The van der Waals surface area contributed by atoms with Crippen molar-refractivity contribution in [2.75, 3.05) is 10.8 Å². The lowest BCUT2D eigenvalue weighted by atomic mass is 10.2. The van der Waals surface area contributed by atoms with Gasteiger partial charge in [-0.2, -0.15) is 0 Å². The van der Waals surface area contributed by atoms with E-state index in [9.17, 15) is 17.6 Å². The van der Waals surface area contributed by atoms with Gasteiger partial charge in [0.1, 0.15) is 11.6 Å². The minimum atomic E-state index is -3.78. The minimum absolute atomic E-state index is 0.0592. The molecule has 3 aromatic rings. The van der Waals surface area contributed by atoms with Crippen molar-refractivity contribution in [3.05, 3.63) is 90.2 Å². The van der Waals surface area contributed by atoms with Gasteiger partial charge >= 0.3 is 5.97 Å². The van der Waals surface area contributed by atoms with Crippen molar-refractivity contribution in [3.63, 3.8) is 0 Å². The van der Waals surface area contributed by atoms with E-state index in [2.05, 4.69) is 0 Å². The Morgan fingerprint density at radius 1 is 0.929 bits per heavy atom. The van der Waals surface area contributed by atoms with Gasteiger partial charge in [0.2, 0.25) is 0 Å². The standard InChI is InChI=1S/C21H18FNO4S/c1-2-23(16-8-4-3-5-9-16)28(25,26)18-14-12-17(13-15-18)27-21(24)19-10-6-7-11-20(19)22/h3-15H,2H2,1H3. The van der Waals surface area contributed by atoms with Crippen LogP contribution in [0.4, 0.5) is 10.1 Å². The summed E-state index contributed by atoms with van der Waals surface area (Å²) < 4.78 is 45.9. The third kappa shape index (κ3) is 4.04. The molecule has 0 bridgehead atoms. The number of esters is 1. The second-order valence-electron chi connectivity index (χ2n) is 5.85. The van der Waals surface area contributed by atoms with Crippen LogP contribution in [0.3, 0.4) is 0 Å². The van der Waals surface area contributed by atoms with Crippen molar-refractivity contribution >= 4 is 21.7 Å². The number of hydrogen-bond acceptors (Lipinski definition) is 4. The second kappa shape index (κ2) is 8.22. The van der Waals surface area contributed by atoms with Crippen LogP contribution in [0.1, 0.15) is 17.3 Å². The fourth-order valence-electron chi connectivity index (χ4n) is 2.68. The molecule has 0 aliphatic rings. The van der Waals surface area contributed by atoms with Crippen molar-refractivity contribution in [2.45, 2.75) is 11.8 Å². The Labute approximate surface area is 163 Å². The summed E-state index contributed by atoms with van der Waals surface area (Å²) in [6.07, 6.45) is 0. The van der Waals surface area contributed by atoms with E-state index >= 15 is 0 Å². The van der Waals surface area contributed by atoms with Gasteiger partial charge in [0, 0.05) is 6.54 Å². The number of carbonyl (C=O) groups is 1. The first-order chi connectivity index (χ1) is 13.4. The molecule has 3 aromatic carbocycles. The molecule has 0 spiro atoms. The lowest BCUT2D eigenvalue weighted by Crippen LogP contribution is -2.30. The first-order valence-corrected chi connectivity index (χ1v) is 10.0.